The lowest BCUT2D eigenvalue weighted by Gasteiger charge is -2.05. The van der Waals surface area contributed by atoms with Crippen LogP contribution in [-0.2, 0) is 11.3 Å². The molecule has 1 rings (SSSR count). The van der Waals surface area contributed by atoms with E-state index < -0.39 is 0 Å². The number of hydrogen-bond acceptors (Lipinski definition) is 4. The van der Waals surface area contributed by atoms with E-state index in [0.717, 1.165) is 24.5 Å². The van der Waals surface area contributed by atoms with Crippen LogP contribution in [0.15, 0.2) is 31.0 Å². The SMILES string of the molecule is C=CCOc1ccc(CNCCOC)nc1. The van der Waals surface area contributed by atoms with E-state index in [4.69, 9.17) is 9.47 Å². The van der Waals surface area contributed by atoms with Gasteiger partial charge in [-0.05, 0) is 12.1 Å². The Morgan fingerprint density at radius 3 is 3.00 bits per heavy atom. The first kappa shape index (κ1) is 12.7. The minimum atomic E-state index is 0.507. The molecule has 16 heavy (non-hydrogen) atoms. The van der Waals surface area contributed by atoms with E-state index in [0.29, 0.717) is 13.2 Å². The fourth-order valence-electron chi connectivity index (χ4n) is 1.15. The van der Waals surface area contributed by atoms with Crippen molar-refractivity contribution in [3.63, 3.8) is 0 Å². The van der Waals surface area contributed by atoms with Gasteiger partial charge in [0.25, 0.3) is 0 Å². The van der Waals surface area contributed by atoms with E-state index >= 15 is 0 Å². The third-order valence-electron chi connectivity index (χ3n) is 1.95. The van der Waals surface area contributed by atoms with Gasteiger partial charge in [-0.1, -0.05) is 12.7 Å². The molecule has 0 atom stereocenters. The molecule has 0 aromatic carbocycles. The van der Waals surface area contributed by atoms with Gasteiger partial charge in [-0.3, -0.25) is 4.98 Å². The van der Waals surface area contributed by atoms with Gasteiger partial charge in [-0.15, -0.1) is 0 Å². The van der Waals surface area contributed by atoms with Crippen molar-refractivity contribution in [2.24, 2.45) is 0 Å². The van der Waals surface area contributed by atoms with E-state index in [9.17, 15) is 0 Å². The van der Waals surface area contributed by atoms with Gasteiger partial charge in [0, 0.05) is 20.2 Å². The van der Waals surface area contributed by atoms with Gasteiger partial charge in [-0.2, -0.15) is 0 Å². The first-order chi connectivity index (χ1) is 7.86. The molecule has 1 aromatic rings. The highest BCUT2D eigenvalue weighted by Gasteiger charge is 1.96. The predicted octanol–water partition coefficient (Wildman–Crippen LogP) is 1.38. The van der Waals surface area contributed by atoms with Crippen LogP contribution >= 0.6 is 0 Å². The van der Waals surface area contributed by atoms with Gasteiger partial charge in [0.05, 0.1) is 18.5 Å². The Balaban J connectivity index is 2.30. The molecule has 0 spiro atoms. The number of rotatable bonds is 8. The minimum Gasteiger partial charge on any atom is -0.488 e. The molecule has 0 saturated carbocycles. The molecular weight excluding hydrogens is 204 g/mol. The molecule has 1 N–H and O–H groups in total. The number of nitrogens with zero attached hydrogens (tertiary/aromatic N) is 1. The summed E-state index contributed by atoms with van der Waals surface area (Å²) in [4.78, 5) is 4.27. The molecule has 1 heterocycles. The van der Waals surface area contributed by atoms with E-state index in [1.807, 2.05) is 12.1 Å². The van der Waals surface area contributed by atoms with Crippen molar-refractivity contribution in [3.8, 4) is 5.75 Å². The Morgan fingerprint density at radius 1 is 1.50 bits per heavy atom. The van der Waals surface area contributed by atoms with Crippen LogP contribution in [0.5, 0.6) is 5.75 Å². The number of methoxy groups -OCH3 is 1. The zero-order chi connectivity index (χ0) is 11.6. The summed E-state index contributed by atoms with van der Waals surface area (Å²) >= 11 is 0. The van der Waals surface area contributed by atoms with Crippen molar-refractivity contribution >= 4 is 0 Å². The highest BCUT2D eigenvalue weighted by atomic mass is 16.5. The summed E-state index contributed by atoms with van der Waals surface area (Å²) in [5, 5.41) is 3.22. The Kier molecular flexibility index (Phi) is 6.22. The second-order valence-corrected chi connectivity index (χ2v) is 3.25. The van der Waals surface area contributed by atoms with Crippen LogP contribution in [0.4, 0.5) is 0 Å². The molecule has 0 bridgehead atoms. The van der Waals surface area contributed by atoms with Crippen LogP contribution in [-0.4, -0.2) is 31.9 Å². The summed E-state index contributed by atoms with van der Waals surface area (Å²) in [6, 6.07) is 3.85. The maximum absolute atomic E-state index is 5.33. The topological polar surface area (TPSA) is 43.4 Å². The molecule has 0 aliphatic carbocycles. The Labute approximate surface area is 96.3 Å². The van der Waals surface area contributed by atoms with Crippen molar-refractivity contribution < 1.29 is 9.47 Å². The lowest BCUT2D eigenvalue weighted by atomic mass is 10.3. The number of hydrogen-bond donors (Lipinski definition) is 1. The summed E-state index contributed by atoms with van der Waals surface area (Å²) < 4.78 is 10.3. The Morgan fingerprint density at radius 2 is 2.38 bits per heavy atom. The van der Waals surface area contributed by atoms with E-state index in [1.54, 1.807) is 19.4 Å². The molecule has 0 saturated heterocycles. The molecule has 0 unspecified atom stereocenters. The fourth-order valence-corrected chi connectivity index (χ4v) is 1.15. The lowest BCUT2D eigenvalue weighted by Crippen LogP contribution is -2.19. The largest absolute Gasteiger partial charge is 0.488 e. The van der Waals surface area contributed by atoms with Crippen LogP contribution in [0.1, 0.15) is 5.69 Å². The lowest BCUT2D eigenvalue weighted by molar-refractivity contribution is 0.199. The van der Waals surface area contributed by atoms with Crippen molar-refractivity contribution in [3.05, 3.63) is 36.7 Å². The van der Waals surface area contributed by atoms with Crippen LogP contribution in [0.2, 0.25) is 0 Å². The van der Waals surface area contributed by atoms with Crippen molar-refractivity contribution in [1.29, 1.82) is 0 Å². The molecule has 0 aliphatic rings. The smallest absolute Gasteiger partial charge is 0.138 e. The predicted molar refractivity (Wildman–Crippen MR) is 63.5 cm³/mol. The van der Waals surface area contributed by atoms with Gasteiger partial charge in [0.2, 0.25) is 0 Å². The molecule has 88 valence electrons. The summed E-state index contributed by atoms with van der Waals surface area (Å²) in [5.74, 6) is 0.764. The summed E-state index contributed by atoms with van der Waals surface area (Å²) in [6.07, 6.45) is 3.43. The van der Waals surface area contributed by atoms with Gasteiger partial charge in [0.1, 0.15) is 12.4 Å². The van der Waals surface area contributed by atoms with Crippen molar-refractivity contribution in [2.75, 3.05) is 26.9 Å². The van der Waals surface area contributed by atoms with Crippen molar-refractivity contribution in [1.82, 2.24) is 10.3 Å². The molecular formula is C12H18N2O2. The van der Waals surface area contributed by atoms with Gasteiger partial charge in [-0.25, -0.2) is 0 Å². The first-order valence-corrected chi connectivity index (χ1v) is 5.25. The molecule has 4 nitrogen and oxygen atoms in total. The normalized spacial score (nSPS) is 10.1. The van der Waals surface area contributed by atoms with E-state index in [2.05, 4.69) is 16.9 Å². The minimum absolute atomic E-state index is 0.507. The molecule has 4 heteroatoms. The van der Waals surface area contributed by atoms with Crippen LogP contribution < -0.4 is 10.1 Å². The average Bonchev–Trinajstić information content (AvgIpc) is 2.33. The molecule has 0 fully saturated rings. The van der Waals surface area contributed by atoms with E-state index in [1.165, 1.54) is 0 Å². The highest BCUT2D eigenvalue weighted by Crippen LogP contribution is 2.08. The zero-order valence-electron chi connectivity index (χ0n) is 9.61. The Bertz CT molecular complexity index is 298. The fraction of sp³-hybridized carbons (Fsp3) is 0.417. The molecule has 0 amide bonds. The third-order valence-corrected chi connectivity index (χ3v) is 1.95. The second kappa shape index (κ2) is 7.84. The van der Waals surface area contributed by atoms with Crippen molar-refractivity contribution in [2.45, 2.75) is 6.54 Å². The Hall–Kier alpha value is -1.39. The molecule has 0 radical (unpaired) electrons. The standard InChI is InChI=1S/C12H18N2O2/c1-3-7-16-12-5-4-11(14-10-12)9-13-6-8-15-2/h3-5,10,13H,1,6-9H2,2H3. The monoisotopic (exact) mass is 222 g/mol. The number of ether oxygens (including phenoxy) is 2. The zero-order valence-corrected chi connectivity index (χ0v) is 9.61. The number of nitrogens with one attached hydrogen (secondary N) is 1. The van der Waals surface area contributed by atoms with Crippen LogP contribution in [0, 0.1) is 0 Å². The van der Waals surface area contributed by atoms with Gasteiger partial charge in [0.15, 0.2) is 0 Å². The first-order valence-electron chi connectivity index (χ1n) is 5.25. The number of pyridine rings is 1. The quantitative estimate of drug-likeness (QED) is 0.533. The van der Waals surface area contributed by atoms with Crippen LogP contribution in [0.25, 0.3) is 0 Å². The molecule has 1 aromatic heterocycles. The maximum Gasteiger partial charge on any atom is 0.138 e. The third kappa shape index (κ3) is 4.91. The summed E-state index contributed by atoms with van der Waals surface area (Å²) in [5.41, 5.74) is 0.988. The van der Waals surface area contributed by atoms with Gasteiger partial charge >= 0.3 is 0 Å². The second-order valence-electron chi connectivity index (χ2n) is 3.25. The molecule has 0 aliphatic heterocycles. The summed E-state index contributed by atoms with van der Waals surface area (Å²) in [6.45, 7) is 6.37. The van der Waals surface area contributed by atoms with E-state index in [-0.39, 0.29) is 0 Å². The van der Waals surface area contributed by atoms with Crippen LogP contribution in [0.3, 0.4) is 0 Å². The average molecular weight is 222 g/mol. The number of aromatic nitrogens is 1. The van der Waals surface area contributed by atoms with Gasteiger partial charge < -0.3 is 14.8 Å². The summed E-state index contributed by atoms with van der Waals surface area (Å²) in [7, 11) is 1.69. The maximum atomic E-state index is 5.33. The highest BCUT2D eigenvalue weighted by molar-refractivity contribution is 5.20.